The van der Waals surface area contributed by atoms with E-state index in [1.54, 1.807) is 6.07 Å². The molecule has 5 nitrogen and oxygen atoms in total. The molecule has 3 rings (SSSR count). The molecule has 0 aliphatic carbocycles. The molecule has 0 unspecified atom stereocenters. The second kappa shape index (κ2) is 5.15. The van der Waals surface area contributed by atoms with Gasteiger partial charge in [-0.15, -0.1) is 10.2 Å². The summed E-state index contributed by atoms with van der Waals surface area (Å²) in [6.45, 7) is 1.91. The van der Waals surface area contributed by atoms with E-state index in [-0.39, 0.29) is 15.4 Å². The van der Waals surface area contributed by atoms with Crippen LogP contribution in [-0.2, 0) is 0 Å². The number of nitrogens with zero attached hydrogens (tertiary/aromatic N) is 3. The largest absolute Gasteiger partial charge is 0.318 e. The first-order valence-corrected chi connectivity index (χ1v) is 6.99. The Bertz CT molecular complexity index is 802. The monoisotopic (exact) mass is 304 g/mol. The average molecular weight is 305 g/mol. The standard InChI is InChI=1S/C13H9ClN4OS/c1-7-5-6-8-3-2-4-9(10(8)15-7)16-11(19)12-17-18-13(14)20-12/h2-6H,1H3,(H,16,19). The van der Waals surface area contributed by atoms with Gasteiger partial charge in [-0.25, -0.2) is 0 Å². The van der Waals surface area contributed by atoms with Gasteiger partial charge in [-0.2, -0.15) is 0 Å². The molecule has 0 fully saturated rings. The minimum absolute atomic E-state index is 0.222. The van der Waals surface area contributed by atoms with Gasteiger partial charge in [0, 0.05) is 11.1 Å². The number of halogens is 1. The van der Waals surface area contributed by atoms with E-state index in [4.69, 9.17) is 11.6 Å². The predicted octanol–water partition coefficient (Wildman–Crippen LogP) is 3.30. The lowest BCUT2D eigenvalue weighted by atomic mass is 10.1. The number of hydrogen-bond acceptors (Lipinski definition) is 5. The third-order valence-electron chi connectivity index (χ3n) is 2.70. The molecule has 1 amide bonds. The molecule has 0 bridgehead atoms. The molecule has 0 spiro atoms. The van der Waals surface area contributed by atoms with Crippen molar-refractivity contribution in [1.82, 2.24) is 15.2 Å². The summed E-state index contributed by atoms with van der Waals surface area (Å²) in [5.74, 6) is -0.342. The van der Waals surface area contributed by atoms with Crippen LogP contribution < -0.4 is 5.32 Å². The maximum atomic E-state index is 12.1. The van der Waals surface area contributed by atoms with Crippen molar-refractivity contribution < 1.29 is 4.79 Å². The van der Waals surface area contributed by atoms with E-state index in [9.17, 15) is 4.79 Å². The molecule has 3 aromatic rings. The fourth-order valence-electron chi connectivity index (χ4n) is 1.82. The summed E-state index contributed by atoms with van der Waals surface area (Å²) < 4.78 is 0.238. The van der Waals surface area contributed by atoms with Crippen LogP contribution in [0, 0.1) is 6.92 Å². The molecule has 7 heteroatoms. The normalized spacial score (nSPS) is 10.7. The molecule has 0 radical (unpaired) electrons. The molecule has 0 saturated carbocycles. The lowest BCUT2D eigenvalue weighted by Gasteiger charge is -2.07. The Morgan fingerprint density at radius 1 is 1.25 bits per heavy atom. The van der Waals surface area contributed by atoms with E-state index in [1.807, 2.05) is 31.2 Å². The Kier molecular flexibility index (Phi) is 3.33. The number of para-hydroxylation sites is 1. The minimum Gasteiger partial charge on any atom is -0.318 e. The van der Waals surface area contributed by atoms with Crippen molar-refractivity contribution in [2.45, 2.75) is 6.92 Å². The van der Waals surface area contributed by atoms with E-state index >= 15 is 0 Å². The summed E-state index contributed by atoms with van der Waals surface area (Å²) in [6, 6.07) is 9.50. The zero-order chi connectivity index (χ0) is 14.1. The second-order valence-electron chi connectivity index (χ2n) is 4.14. The van der Waals surface area contributed by atoms with Crippen molar-refractivity contribution in [3.63, 3.8) is 0 Å². The van der Waals surface area contributed by atoms with Gasteiger partial charge >= 0.3 is 0 Å². The number of pyridine rings is 1. The topological polar surface area (TPSA) is 67.8 Å². The zero-order valence-corrected chi connectivity index (χ0v) is 12.0. The SMILES string of the molecule is Cc1ccc2cccc(NC(=O)c3nnc(Cl)s3)c2n1. The van der Waals surface area contributed by atoms with Crippen LogP contribution >= 0.6 is 22.9 Å². The van der Waals surface area contributed by atoms with Gasteiger partial charge in [0.2, 0.25) is 9.47 Å². The molecule has 1 aromatic carbocycles. The van der Waals surface area contributed by atoms with Crippen molar-refractivity contribution >= 4 is 45.4 Å². The van der Waals surface area contributed by atoms with Crippen LogP contribution in [0.2, 0.25) is 4.47 Å². The minimum atomic E-state index is -0.342. The Balaban J connectivity index is 1.98. The number of nitrogens with one attached hydrogen (secondary N) is 1. The molecule has 0 atom stereocenters. The van der Waals surface area contributed by atoms with Crippen LogP contribution in [-0.4, -0.2) is 21.1 Å². The highest BCUT2D eigenvalue weighted by atomic mass is 35.5. The molecule has 100 valence electrons. The van der Waals surface area contributed by atoms with Gasteiger partial charge in [0.15, 0.2) is 0 Å². The van der Waals surface area contributed by atoms with Crippen LogP contribution in [0.15, 0.2) is 30.3 Å². The van der Waals surface area contributed by atoms with Gasteiger partial charge in [-0.05, 0) is 30.7 Å². The second-order valence-corrected chi connectivity index (χ2v) is 5.70. The molecule has 1 N–H and O–H groups in total. The van der Waals surface area contributed by atoms with Gasteiger partial charge in [0.05, 0.1) is 11.2 Å². The Hall–Kier alpha value is -2.05. The maximum absolute atomic E-state index is 12.1. The first kappa shape index (κ1) is 13.0. The Morgan fingerprint density at radius 3 is 2.85 bits per heavy atom. The molecular weight excluding hydrogens is 296 g/mol. The van der Waals surface area contributed by atoms with Crippen molar-refractivity contribution in [2.75, 3.05) is 5.32 Å². The number of aromatic nitrogens is 3. The third-order valence-corrected chi connectivity index (χ3v) is 3.72. The maximum Gasteiger partial charge on any atom is 0.286 e. The average Bonchev–Trinajstić information content (AvgIpc) is 2.86. The third kappa shape index (κ3) is 2.48. The van der Waals surface area contributed by atoms with Crippen LogP contribution in [0.4, 0.5) is 5.69 Å². The number of aryl methyl sites for hydroxylation is 1. The molecule has 2 aromatic heterocycles. The van der Waals surface area contributed by atoms with Crippen molar-refractivity contribution in [2.24, 2.45) is 0 Å². The first-order chi connectivity index (χ1) is 9.63. The number of amides is 1. The van der Waals surface area contributed by atoms with Crippen LogP contribution in [0.1, 0.15) is 15.5 Å². The first-order valence-electron chi connectivity index (χ1n) is 5.80. The summed E-state index contributed by atoms with van der Waals surface area (Å²) in [4.78, 5) is 16.5. The summed E-state index contributed by atoms with van der Waals surface area (Å²) in [7, 11) is 0. The fourth-order valence-corrected chi connectivity index (χ4v) is 2.54. The van der Waals surface area contributed by atoms with Gasteiger partial charge in [-0.1, -0.05) is 29.5 Å². The summed E-state index contributed by atoms with van der Waals surface area (Å²) in [5.41, 5.74) is 2.28. The fraction of sp³-hybridized carbons (Fsp3) is 0.0769. The van der Waals surface area contributed by atoms with Crippen molar-refractivity contribution in [3.8, 4) is 0 Å². The highest BCUT2D eigenvalue weighted by Gasteiger charge is 2.13. The van der Waals surface area contributed by atoms with E-state index in [1.165, 1.54) is 0 Å². The van der Waals surface area contributed by atoms with Gasteiger partial charge in [0.1, 0.15) is 0 Å². The molecular formula is C13H9ClN4OS. The van der Waals surface area contributed by atoms with Crippen molar-refractivity contribution in [1.29, 1.82) is 0 Å². The number of carbonyl (C=O) groups excluding carboxylic acids is 1. The summed E-state index contributed by atoms with van der Waals surface area (Å²) in [6.07, 6.45) is 0. The number of benzene rings is 1. The molecule has 0 aliphatic heterocycles. The van der Waals surface area contributed by atoms with Crippen LogP contribution in [0.25, 0.3) is 10.9 Å². The highest BCUT2D eigenvalue weighted by Crippen LogP contribution is 2.23. The van der Waals surface area contributed by atoms with Gasteiger partial charge < -0.3 is 5.32 Å². The van der Waals surface area contributed by atoms with Crippen LogP contribution in [0.5, 0.6) is 0 Å². The molecule has 20 heavy (non-hydrogen) atoms. The number of anilines is 1. The Labute approximate surface area is 123 Å². The Morgan fingerprint density at radius 2 is 2.10 bits per heavy atom. The lowest BCUT2D eigenvalue weighted by molar-refractivity contribution is 0.102. The van der Waals surface area contributed by atoms with Gasteiger partial charge in [0.25, 0.3) is 5.91 Å². The molecule has 2 heterocycles. The smallest absolute Gasteiger partial charge is 0.286 e. The van der Waals surface area contributed by atoms with E-state index < -0.39 is 0 Å². The molecule has 0 saturated heterocycles. The summed E-state index contributed by atoms with van der Waals surface area (Å²) in [5, 5.41) is 11.3. The van der Waals surface area contributed by atoms with E-state index in [0.29, 0.717) is 5.69 Å². The van der Waals surface area contributed by atoms with E-state index in [2.05, 4.69) is 20.5 Å². The van der Waals surface area contributed by atoms with Crippen LogP contribution in [0.3, 0.4) is 0 Å². The van der Waals surface area contributed by atoms with E-state index in [0.717, 1.165) is 27.9 Å². The number of rotatable bonds is 2. The lowest BCUT2D eigenvalue weighted by Crippen LogP contribution is -2.12. The number of carbonyl (C=O) groups is 1. The zero-order valence-electron chi connectivity index (χ0n) is 10.4. The number of fused-ring (bicyclic) bond motifs is 1. The molecule has 0 aliphatic rings. The summed E-state index contributed by atoms with van der Waals surface area (Å²) >= 11 is 6.71. The highest BCUT2D eigenvalue weighted by molar-refractivity contribution is 7.17. The number of hydrogen-bond donors (Lipinski definition) is 1. The van der Waals surface area contributed by atoms with Gasteiger partial charge in [-0.3, -0.25) is 9.78 Å². The van der Waals surface area contributed by atoms with Crippen molar-refractivity contribution in [3.05, 3.63) is 45.5 Å². The predicted molar refractivity (Wildman–Crippen MR) is 79.4 cm³/mol. The quantitative estimate of drug-likeness (QED) is 0.788.